The van der Waals surface area contributed by atoms with E-state index in [1.54, 1.807) is 23.0 Å². The van der Waals surface area contributed by atoms with E-state index in [4.69, 9.17) is 11.6 Å². The summed E-state index contributed by atoms with van der Waals surface area (Å²) in [7, 11) is 0. The number of hydrogen-bond donors (Lipinski definition) is 2. The summed E-state index contributed by atoms with van der Waals surface area (Å²) in [6.07, 6.45) is 2.64. The van der Waals surface area contributed by atoms with Gasteiger partial charge in [-0.25, -0.2) is 4.68 Å². The number of hydrogen-bond acceptors (Lipinski definition) is 3. The molecule has 2 aromatic carbocycles. The van der Waals surface area contributed by atoms with E-state index in [2.05, 4.69) is 22.7 Å². The van der Waals surface area contributed by atoms with E-state index in [9.17, 15) is 9.59 Å². The van der Waals surface area contributed by atoms with Crippen LogP contribution in [0.1, 0.15) is 24.9 Å². The number of carbonyl (C=O) groups excluding carboxylic acids is 2. The molecule has 0 saturated carbocycles. The van der Waals surface area contributed by atoms with Gasteiger partial charge in [-0.05, 0) is 41.8 Å². The predicted octanol–water partition coefficient (Wildman–Crippen LogP) is 4.29. The molecular formula is C21H19ClN4O2. The lowest BCUT2D eigenvalue weighted by Gasteiger charge is -2.10. The van der Waals surface area contributed by atoms with Crippen LogP contribution in [0.25, 0.3) is 11.1 Å². The van der Waals surface area contributed by atoms with Gasteiger partial charge >= 0.3 is 0 Å². The third-order valence-corrected chi connectivity index (χ3v) is 5.07. The number of aryl methyl sites for hydroxylation is 1. The Morgan fingerprint density at radius 1 is 1.18 bits per heavy atom. The number of amides is 2. The third-order valence-electron chi connectivity index (χ3n) is 4.81. The SMILES string of the molecule is CCc1ccc(NC(=O)CC2C(=O)Nc3c(-c4ccc(Cl)cc4)cnn32)cc1. The monoisotopic (exact) mass is 394 g/mol. The van der Waals surface area contributed by atoms with Gasteiger partial charge < -0.3 is 10.6 Å². The van der Waals surface area contributed by atoms with Crippen LogP contribution in [-0.2, 0) is 16.0 Å². The number of aromatic nitrogens is 2. The topological polar surface area (TPSA) is 76.0 Å². The Bertz CT molecular complexity index is 1030. The van der Waals surface area contributed by atoms with Crippen LogP contribution in [0.15, 0.2) is 54.7 Å². The van der Waals surface area contributed by atoms with Crippen molar-refractivity contribution < 1.29 is 9.59 Å². The molecule has 2 heterocycles. The zero-order valence-electron chi connectivity index (χ0n) is 15.3. The van der Waals surface area contributed by atoms with Gasteiger partial charge in [-0.3, -0.25) is 9.59 Å². The molecule has 2 N–H and O–H groups in total. The van der Waals surface area contributed by atoms with Gasteiger partial charge in [0.25, 0.3) is 5.91 Å². The molecular weight excluding hydrogens is 376 g/mol. The van der Waals surface area contributed by atoms with Crippen molar-refractivity contribution in [2.45, 2.75) is 25.8 Å². The van der Waals surface area contributed by atoms with E-state index in [0.717, 1.165) is 17.5 Å². The molecule has 6 nitrogen and oxygen atoms in total. The molecule has 4 rings (SSSR count). The van der Waals surface area contributed by atoms with Gasteiger partial charge in [-0.2, -0.15) is 5.10 Å². The molecule has 3 aromatic rings. The number of rotatable bonds is 5. The fraction of sp³-hybridized carbons (Fsp3) is 0.190. The van der Waals surface area contributed by atoms with Crippen molar-refractivity contribution in [3.05, 3.63) is 65.3 Å². The summed E-state index contributed by atoms with van der Waals surface area (Å²) < 4.78 is 1.58. The van der Waals surface area contributed by atoms with Crippen molar-refractivity contribution in [3.8, 4) is 11.1 Å². The lowest BCUT2D eigenvalue weighted by atomic mass is 10.1. The first-order valence-electron chi connectivity index (χ1n) is 9.08. The van der Waals surface area contributed by atoms with Crippen LogP contribution in [0.3, 0.4) is 0 Å². The fourth-order valence-corrected chi connectivity index (χ4v) is 3.39. The van der Waals surface area contributed by atoms with E-state index in [-0.39, 0.29) is 18.2 Å². The Balaban J connectivity index is 1.50. The van der Waals surface area contributed by atoms with Gasteiger partial charge in [0.05, 0.1) is 12.6 Å². The van der Waals surface area contributed by atoms with Crippen LogP contribution in [0.2, 0.25) is 5.02 Å². The quantitative estimate of drug-likeness (QED) is 0.677. The average molecular weight is 395 g/mol. The standard InChI is InChI=1S/C21H19ClN4O2/c1-2-13-3-9-16(10-4-13)24-19(27)11-18-21(28)25-20-17(12-23-26(18)20)14-5-7-15(22)8-6-14/h3-10,12,18H,2,11H2,1H3,(H,24,27)(H,25,28). The molecule has 0 bridgehead atoms. The summed E-state index contributed by atoms with van der Waals surface area (Å²) in [5.74, 6) is 0.119. The smallest absolute Gasteiger partial charge is 0.251 e. The Hall–Kier alpha value is -3.12. The van der Waals surface area contributed by atoms with Crippen molar-refractivity contribution in [3.63, 3.8) is 0 Å². The summed E-state index contributed by atoms with van der Waals surface area (Å²) in [6.45, 7) is 2.08. The summed E-state index contributed by atoms with van der Waals surface area (Å²) in [5, 5.41) is 10.7. The van der Waals surface area contributed by atoms with Crippen LogP contribution in [0.4, 0.5) is 11.5 Å². The normalized spacial score (nSPS) is 15.2. The molecule has 0 saturated heterocycles. The summed E-state index contributed by atoms with van der Waals surface area (Å²) in [6, 6.07) is 14.3. The van der Waals surface area contributed by atoms with E-state index in [1.807, 2.05) is 36.4 Å². The minimum atomic E-state index is -0.675. The largest absolute Gasteiger partial charge is 0.326 e. The number of anilines is 2. The fourth-order valence-electron chi connectivity index (χ4n) is 3.27. The summed E-state index contributed by atoms with van der Waals surface area (Å²) in [4.78, 5) is 24.9. The summed E-state index contributed by atoms with van der Waals surface area (Å²) >= 11 is 5.94. The molecule has 7 heteroatoms. The summed E-state index contributed by atoms with van der Waals surface area (Å²) in [5.41, 5.74) is 3.60. The first-order valence-corrected chi connectivity index (χ1v) is 9.46. The van der Waals surface area contributed by atoms with E-state index >= 15 is 0 Å². The Morgan fingerprint density at radius 2 is 1.89 bits per heavy atom. The maximum atomic E-state index is 12.4. The van der Waals surface area contributed by atoms with Crippen molar-refractivity contribution in [2.75, 3.05) is 10.6 Å². The van der Waals surface area contributed by atoms with Crippen molar-refractivity contribution in [1.29, 1.82) is 0 Å². The third kappa shape index (κ3) is 3.51. The number of benzene rings is 2. The molecule has 142 valence electrons. The number of fused-ring (bicyclic) bond motifs is 1. The zero-order chi connectivity index (χ0) is 19.7. The highest BCUT2D eigenvalue weighted by molar-refractivity contribution is 6.30. The molecule has 1 atom stereocenters. The molecule has 28 heavy (non-hydrogen) atoms. The minimum Gasteiger partial charge on any atom is -0.326 e. The molecule has 1 unspecified atom stereocenters. The molecule has 2 amide bonds. The van der Waals surface area contributed by atoms with Gasteiger partial charge in [0.15, 0.2) is 0 Å². The van der Waals surface area contributed by atoms with Gasteiger partial charge in [0.1, 0.15) is 11.9 Å². The molecule has 1 aliphatic heterocycles. The minimum absolute atomic E-state index is 0.0100. The molecule has 0 radical (unpaired) electrons. The van der Waals surface area contributed by atoms with Crippen molar-refractivity contribution in [1.82, 2.24) is 9.78 Å². The van der Waals surface area contributed by atoms with Crippen LogP contribution in [0, 0.1) is 0 Å². The molecule has 1 aliphatic rings. The Morgan fingerprint density at radius 3 is 2.57 bits per heavy atom. The van der Waals surface area contributed by atoms with E-state index < -0.39 is 6.04 Å². The molecule has 1 aromatic heterocycles. The Kier molecular flexibility index (Phi) is 4.88. The van der Waals surface area contributed by atoms with Gasteiger partial charge in [-0.15, -0.1) is 0 Å². The predicted molar refractivity (Wildman–Crippen MR) is 109 cm³/mol. The van der Waals surface area contributed by atoms with Gasteiger partial charge in [0, 0.05) is 16.3 Å². The van der Waals surface area contributed by atoms with Gasteiger partial charge in [-0.1, -0.05) is 42.8 Å². The number of nitrogens with zero attached hydrogens (tertiary/aromatic N) is 2. The zero-order valence-corrected chi connectivity index (χ0v) is 16.0. The van der Waals surface area contributed by atoms with Crippen molar-refractivity contribution in [2.24, 2.45) is 0 Å². The van der Waals surface area contributed by atoms with E-state index in [0.29, 0.717) is 16.5 Å². The highest BCUT2D eigenvalue weighted by Crippen LogP contribution is 2.36. The number of halogens is 1. The van der Waals surface area contributed by atoms with Crippen LogP contribution >= 0.6 is 11.6 Å². The second kappa shape index (κ2) is 7.48. The Labute approximate surface area is 167 Å². The van der Waals surface area contributed by atoms with Crippen LogP contribution in [0.5, 0.6) is 0 Å². The maximum Gasteiger partial charge on any atom is 0.251 e. The average Bonchev–Trinajstić information content (AvgIpc) is 3.23. The highest BCUT2D eigenvalue weighted by atomic mass is 35.5. The lowest BCUT2D eigenvalue weighted by molar-refractivity contribution is -0.123. The molecule has 0 spiro atoms. The second-order valence-corrected chi connectivity index (χ2v) is 7.10. The van der Waals surface area contributed by atoms with Crippen LogP contribution < -0.4 is 10.6 Å². The maximum absolute atomic E-state index is 12.4. The number of carbonyl (C=O) groups is 2. The number of nitrogens with one attached hydrogen (secondary N) is 2. The molecule has 0 fully saturated rings. The van der Waals surface area contributed by atoms with E-state index in [1.165, 1.54) is 5.56 Å². The lowest BCUT2D eigenvalue weighted by Crippen LogP contribution is -2.23. The second-order valence-electron chi connectivity index (χ2n) is 6.67. The highest BCUT2D eigenvalue weighted by Gasteiger charge is 2.35. The van der Waals surface area contributed by atoms with Crippen LogP contribution in [-0.4, -0.2) is 21.6 Å². The van der Waals surface area contributed by atoms with Gasteiger partial charge in [0.2, 0.25) is 5.91 Å². The van der Waals surface area contributed by atoms with Crippen molar-refractivity contribution >= 4 is 34.9 Å². The molecule has 0 aliphatic carbocycles. The first kappa shape index (κ1) is 18.3. The first-order chi connectivity index (χ1) is 13.5.